The molecule has 3 N–H and O–H groups in total. The smallest absolute Gasteiger partial charge is 0.217 e. The molecule has 5 atom stereocenters. The van der Waals surface area contributed by atoms with Gasteiger partial charge in [0, 0.05) is 21.1 Å². The summed E-state index contributed by atoms with van der Waals surface area (Å²) >= 11 is 0. The van der Waals surface area contributed by atoms with E-state index in [0.29, 0.717) is 0 Å². The number of hydrogen-bond donors (Lipinski definition) is 3. The summed E-state index contributed by atoms with van der Waals surface area (Å²) in [4.78, 5) is 11.0. The van der Waals surface area contributed by atoms with Gasteiger partial charge in [-0.2, -0.15) is 0 Å². The highest BCUT2D eigenvalue weighted by Crippen LogP contribution is 2.23. The molecule has 0 spiro atoms. The zero-order valence-electron chi connectivity index (χ0n) is 10.1. The Morgan fingerprint density at radius 3 is 2.47 bits per heavy atom. The van der Waals surface area contributed by atoms with Crippen molar-refractivity contribution in [1.82, 2.24) is 5.32 Å². The van der Waals surface area contributed by atoms with Crippen molar-refractivity contribution in [2.45, 2.75) is 37.6 Å². The van der Waals surface area contributed by atoms with Crippen molar-refractivity contribution in [1.29, 1.82) is 0 Å². The minimum Gasteiger partial charge on any atom is -0.394 e. The van der Waals surface area contributed by atoms with Gasteiger partial charge in [0.05, 0.1) is 6.61 Å². The first kappa shape index (κ1) is 14.3. The number of aliphatic hydroxyl groups is 2. The summed E-state index contributed by atoms with van der Waals surface area (Å²) in [6.07, 6.45) is -3.24. The van der Waals surface area contributed by atoms with Crippen LogP contribution in [0.3, 0.4) is 0 Å². The molecule has 1 heterocycles. The maximum atomic E-state index is 11.0. The summed E-state index contributed by atoms with van der Waals surface area (Å²) < 4.78 is 15.5. The second kappa shape index (κ2) is 6.27. The molecule has 1 rings (SSSR count). The molecule has 0 radical (unpaired) electrons. The predicted octanol–water partition coefficient (Wildman–Crippen LogP) is -1.77. The quantitative estimate of drug-likeness (QED) is 0.545. The Labute approximate surface area is 99.7 Å². The number of ether oxygens (including phenoxy) is 3. The fourth-order valence-electron chi connectivity index (χ4n) is 1.95. The number of nitrogens with one attached hydrogen (secondary N) is 1. The van der Waals surface area contributed by atoms with Gasteiger partial charge in [-0.3, -0.25) is 4.79 Å². The van der Waals surface area contributed by atoms with Gasteiger partial charge in [0.15, 0.2) is 6.29 Å². The van der Waals surface area contributed by atoms with Gasteiger partial charge in [-0.05, 0) is 0 Å². The fourth-order valence-corrected chi connectivity index (χ4v) is 1.95. The molecule has 0 saturated carbocycles. The summed E-state index contributed by atoms with van der Waals surface area (Å²) in [6, 6.07) is -0.731. The van der Waals surface area contributed by atoms with Crippen LogP contribution in [0.25, 0.3) is 0 Å². The number of hydrogen-bond acceptors (Lipinski definition) is 6. The van der Waals surface area contributed by atoms with Crippen LogP contribution in [0.15, 0.2) is 0 Å². The second-order valence-electron chi connectivity index (χ2n) is 3.88. The van der Waals surface area contributed by atoms with E-state index in [-0.39, 0.29) is 12.5 Å². The Morgan fingerprint density at radius 1 is 1.41 bits per heavy atom. The van der Waals surface area contributed by atoms with Crippen LogP contribution in [-0.2, 0) is 19.0 Å². The Balaban J connectivity index is 2.83. The summed E-state index contributed by atoms with van der Waals surface area (Å²) in [5, 5.41) is 21.7. The van der Waals surface area contributed by atoms with Crippen LogP contribution in [0.4, 0.5) is 0 Å². The first-order valence-corrected chi connectivity index (χ1v) is 5.32. The molecule has 1 amide bonds. The fraction of sp³-hybridized carbons (Fsp3) is 0.900. The molecule has 17 heavy (non-hydrogen) atoms. The molecule has 1 aliphatic heterocycles. The maximum Gasteiger partial charge on any atom is 0.217 e. The third-order valence-electron chi connectivity index (χ3n) is 2.73. The lowest BCUT2D eigenvalue weighted by atomic mass is 9.96. The van der Waals surface area contributed by atoms with Crippen molar-refractivity contribution < 1.29 is 29.2 Å². The Kier molecular flexibility index (Phi) is 5.29. The molecule has 0 aromatic heterocycles. The van der Waals surface area contributed by atoms with Gasteiger partial charge in [-0.1, -0.05) is 0 Å². The predicted molar refractivity (Wildman–Crippen MR) is 57.2 cm³/mol. The average molecular weight is 249 g/mol. The average Bonchev–Trinajstić information content (AvgIpc) is 2.30. The van der Waals surface area contributed by atoms with Crippen LogP contribution in [0, 0.1) is 0 Å². The minimum absolute atomic E-state index is 0.303. The van der Waals surface area contributed by atoms with E-state index >= 15 is 0 Å². The van der Waals surface area contributed by atoms with E-state index in [1.165, 1.54) is 21.1 Å². The maximum absolute atomic E-state index is 11.0. The minimum atomic E-state index is -1.01. The highest BCUT2D eigenvalue weighted by atomic mass is 16.7. The molecule has 0 aromatic rings. The van der Waals surface area contributed by atoms with Gasteiger partial charge in [-0.25, -0.2) is 0 Å². The highest BCUT2D eigenvalue weighted by molar-refractivity contribution is 5.73. The highest BCUT2D eigenvalue weighted by Gasteiger charge is 2.45. The van der Waals surface area contributed by atoms with Crippen LogP contribution in [-0.4, -0.2) is 67.6 Å². The summed E-state index contributed by atoms with van der Waals surface area (Å²) in [6.45, 7) is 1.03. The summed E-state index contributed by atoms with van der Waals surface area (Å²) in [5.41, 5.74) is 0. The van der Waals surface area contributed by atoms with Crippen molar-refractivity contribution in [3.05, 3.63) is 0 Å². The van der Waals surface area contributed by atoms with E-state index in [0.717, 1.165) is 0 Å². The second-order valence-corrected chi connectivity index (χ2v) is 3.88. The van der Waals surface area contributed by atoms with Crippen molar-refractivity contribution in [2.24, 2.45) is 0 Å². The molecule has 0 aromatic carbocycles. The van der Waals surface area contributed by atoms with Crippen molar-refractivity contribution in [2.75, 3.05) is 20.8 Å². The SMILES string of the molecule is CO[C@@H]1C(CO)O[C@@H](OC)[C@@H](NC(C)=O)C1O. The topological polar surface area (TPSA) is 97.3 Å². The Hall–Kier alpha value is -0.730. The van der Waals surface area contributed by atoms with Gasteiger partial charge in [0.25, 0.3) is 0 Å². The van der Waals surface area contributed by atoms with Gasteiger partial charge < -0.3 is 29.7 Å². The lowest BCUT2D eigenvalue weighted by molar-refractivity contribution is -0.267. The lowest BCUT2D eigenvalue weighted by Crippen LogP contribution is -2.64. The van der Waals surface area contributed by atoms with Gasteiger partial charge in [0.1, 0.15) is 24.4 Å². The van der Waals surface area contributed by atoms with E-state index in [1.54, 1.807) is 0 Å². The van der Waals surface area contributed by atoms with E-state index in [9.17, 15) is 9.90 Å². The number of methoxy groups -OCH3 is 2. The van der Waals surface area contributed by atoms with E-state index in [4.69, 9.17) is 19.3 Å². The molecule has 1 fully saturated rings. The first-order chi connectivity index (χ1) is 8.04. The molecular formula is C10H19NO6. The summed E-state index contributed by atoms with van der Waals surface area (Å²) in [5.74, 6) is -0.308. The Bertz CT molecular complexity index is 261. The molecule has 0 aliphatic carbocycles. The molecule has 100 valence electrons. The third-order valence-corrected chi connectivity index (χ3v) is 2.73. The molecule has 7 nitrogen and oxygen atoms in total. The number of amides is 1. The molecule has 1 saturated heterocycles. The van der Waals surface area contributed by atoms with Crippen LogP contribution in [0.2, 0.25) is 0 Å². The summed E-state index contributed by atoms with van der Waals surface area (Å²) in [7, 11) is 2.80. The molecule has 2 unspecified atom stereocenters. The molecule has 1 aliphatic rings. The monoisotopic (exact) mass is 249 g/mol. The number of aliphatic hydroxyl groups excluding tert-OH is 2. The first-order valence-electron chi connectivity index (χ1n) is 5.32. The normalized spacial score (nSPS) is 37.8. The van der Waals surface area contributed by atoms with Crippen LogP contribution >= 0.6 is 0 Å². The molecular weight excluding hydrogens is 230 g/mol. The number of carbonyl (C=O) groups excluding carboxylic acids is 1. The lowest BCUT2D eigenvalue weighted by Gasteiger charge is -2.43. The molecule has 0 bridgehead atoms. The van der Waals surface area contributed by atoms with Crippen molar-refractivity contribution >= 4 is 5.91 Å². The van der Waals surface area contributed by atoms with Crippen LogP contribution < -0.4 is 5.32 Å². The van der Waals surface area contributed by atoms with Crippen molar-refractivity contribution in [3.8, 4) is 0 Å². The van der Waals surface area contributed by atoms with Crippen LogP contribution in [0.5, 0.6) is 0 Å². The van der Waals surface area contributed by atoms with Gasteiger partial charge in [0.2, 0.25) is 5.91 Å². The van der Waals surface area contributed by atoms with E-state index < -0.39 is 30.6 Å². The van der Waals surface area contributed by atoms with Gasteiger partial charge in [-0.15, -0.1) is 0 Å². The van der Waals surface area contributed by atoms with Crippen LogP contribution in [0.1, 0.15) is 6.92 Å². The largest absolute Gasteiger partial charge is 0.394 e. The molecule has 7 heteroatoms. The standard InChI is InChI=1S/C10H19NO6/c1-5(13)11-7-8(14)9(15-2)6(4-12)17-10(7)16-3/h6-10,12,14H,4H2,1-3H3,(H,11,13)/t6?,7-,8?,9+,10+/m0/s1. The zero-order valence-corrected chi connectivity index (χ0v) is 10.1. The zero-order chi connectivity index (χ0) is 13.0. The van der Waals surface area contributed by atoms with E-state index in [2.05, 4.69) is 5.32 Å². The number of carbonyl (C=O) groups is 1. The Morgan fingerprint density at radius 2 is 2.06 bits per heavy atom. The number of rotatable bonds is 4. The third kappa shape index (κ3) is 3.14. The van der Waals surface area contributed by atoms with Crippen molar-refractivity contribution in [3.63, 3.8) is 0 Å². The van der Waals surface area contributed by atoms with E-state index in [1.807, 2.05) is 0 Å². The van der Waals surface area contributed by atoms with Gasteiger partial charge >= 0.3 is 0 Å².